The Labute approximate surface area is 123 Å². The first-order valence-corrected chi connectivity index (χ1v) is 8.37. The zero-order valence-corrected chi connectivity index (χ0v) is 12.4. The highest BCUT2D eigenvalue weighted by Gasteiger charge is 2.24. The van der Waals surface area contributed by atoms with Gasteiger partial charge in [-0.1, -0.05) is 18.0 Å². The lowest BCUT2D eigenvalue weighted by molar-refractivity contribution is 0.102. The quantitative estimate of drug-likeness (QED) is 0.894. The van der Waals surface area contributed by atoms with E-state index in [1.54, 1.807) is 0 Å². The Balaban J connectivity index is 2.03. The fourth-order valence-electron chi connectivity index (χ4n) is 2.45. The molecule has 7 heteroatoms. The van der Waals surface area contributed by atoms with E-state index < -0.39 is 20.7 Å². The summed E-state index contributed by atoms with van der Waals surface area (Å²) >= 11 is 5.60. The van der Waals surface area contributed by atoms with Crippen LogP contribution in [-0.4, -0.2) is 26.2 Å². The van der Waals surface area contributed by atoms with Gasteiger partial charge in [0.15, 0.2) is 0 Å². The second kappa shape index (κ2) is 6.39. The Kier molecular flexibility index (Phi) is 5.01. The summed E-state index contributed by atoms with van der Waals surface area (Å²) in [7, 11) is -3.89. The van der Waals surface area contributed by atoms with Gasteiger partial charge in [-0.15, -0.1) is 0 Å². The van der Waals surface area contributed by atoms with Gasteiger partial charge in [0.2, 0.25) is 10.0 Å². The molecule has 1 fully saturated rings. The molecule has 0 heterocycles. The van der Waals surface area contributed by atoms with Gasteiger partial charge in [-0.25, -0.2) is 17.5 Å². The van der Waals surface area contributed by atoms with Crippen molar-refractivity contribution < 1.29 is 17.9 Å². The third-order valence-electron chi connectivity index (χ3n) is 3.50. The number of aliphatic hydroxyl groups excluding tert-OH is 1. The first-order chi connectivity index (χ1) is 9.38. The highest BCUT2D eigenvalue weighted by atomic mass is 35.5. The Hall–Kier alpha value is -0.690. The molecule has 1 aromatic rings. The van der Waals surface area contributed by atoms with Crippen LogP contribution in [0.15, 0.2) is 23.1 Å². The minimum atomic E-state index is -3.89. The average molecular weight is 322 g/mol. The van der Waals surface area contributed by atoms with Gasteiger partial charge in [-0.2, -0.15) is 0 Å². The molecule has 1 aliphatic carbocycles. The number of rotatable bonds is 4. The molecule has 0 aliphatic heterocycles. The van der Waals surface area contributed by atoms with Crippen molar-refractivity contribution in [1.29, 1.82) is 0 Å². The van der Waals surface area contributed by atoms with Crippen molar-refractivity contribution in [2.75, 3.05) is 6.54 Å². The van der Waals surface area contributed by atoms with Crippen molar-refractivity contribution in [3.05, 3.63) is 29.0 Å². The summed E-state index contributed by atoms with van der Waals surface area (Å²) in [6.07, 6.45) is 2.71. The maximum atomic E-state index is 13.6. The molecule has 2 rings (SSSR count). The number of hydrogen-bond donors (Lipinski definition) is 2. The molecule has 2 N–H and O–H groups in total. The van der Waals surface area contributed by atoms with Crippen molar-refractivity contribution in [3.63, 3.8) is 0 Å². The third-order valence-corrected chi connectivity index (χ3v) is 5.19. The lowest BCUT2D eigenvalue weighted by atomic mass is 9.87. The number of benzene rings is 1. The van der Waals surface area contributed by atoms with Gasteiger partial charge < -0.3 is 5.11 Å². The van der Waals surface area contributed by atoms with E-state index in [0.29, 0.717) is 6.42 Å². The summed E-state index contributed by atoms with van der Waals surface area (Å²) in [6.45, 7) is 0.210. The van der Waals surface area contributed by atoms with Crippen LogP contribution in [0.5, 0.6) is 0 Å². The number of nitrogens with one attached hydrogen (secondary N) is 1. The van der Waals surface area contributed by atoms with Crippen molar-refractivity contribution >= 4 is 21.6 Å². The van der Waals surface area contributed by atoms with Crippen LogP contribution in [0.25, 0.3) is 0 Å². The summed E-state index contributed by atoms with van der Waals surface area (Å²) in [5.74, 6) is -0.780. The molecule has 0 bridgehead atoms. The van der Waals surface area contributed by atoms with Crippen LogP contribution < -0.4 is 4.72 Å². The first-order valence-electron chi connectivity index (χ1n) is 6.51. The number of halogens is 2. The van der Waals surface area contributed by atoms with E-state index in [1.807, 2.05) is 0 Å². The minimum Gasteiger partial charge on any atom is -0.393 e. The summed E-state index contributed by atoms with van der Waals surface area (Å²) < 4.78 is 40.1. The molecule has 2 atom stereocenters. The molecule has 1 aliphatic rings. The standard InChI is InChI=1S/C13H17ClFNO3S/c14-10-4-5-13(12(15)7-10)20(18,19)16-8-9-2-1-3-11(17)6-9/h4-5,7,9,11,16-17H,1-3,6,8H2. The summed E-state index contributed by atoms with van der Waals surface area (Å²) in [5, 5.41) is 9.70. The number of sulfonamides is 1. The molecule has 2 unspecified atom stereocenters. The zero-order chi connectivity index (χ0) is 14.8. The maximum absolute atomic E-state index is 13.6. The van der Waals surface area contributed by atoms with Gasteiger partial charge in [0.05, 0.1) is 6.10 Å². The average Bonchev–Trinajstić information content (AvgIpc) is 2.36. The number of aliphatic hydroxyl groups is 1. The molecule has 1 aromatic carbocycles. The summed E-state index contributed by atoms with van der Waals surface area (Å²) in [4.78, 5) is -0.404. The number of hydrogen-bond acceptors (Lipinski definition) is 3. The van der Waals surface area contributed by atoms with Crippen molar-refractivity contribution in [3.8, 4) is 0 Å². The van der Waals surface area contributed by atoms with Gasteiger partial charge in [0.25, 0.3) is 0 Å². The molecular formula is C13H17ClFNO3S. The van der Waals surface area contributed by atoms with Crippen LogP contribution in [0.2, 0.25) is 5.02 Å². The van der Waals surface area contributed by atoms with Crippen molar-refractivity contribution in [1.82, 2.24) is 4.72 Å². The lowest BCUT2D eigenvalue weighted by Gasteiger charge is -2.25. The third kappa shape index (κ3) is 3.91. The van der Waals surface area contributed by atoms with Crippen LogP contribution in [0.4, 0.5) is 4.39 Å². The SMILES string of the molecule is O=S(=O)(NCC1CCCC(O)C1)c1ccc(Cl)cc1F. The molecule has 4 nitrogen and oxygen atoms in total. The largest absolute Gasteiger partial charge is 0.393 e. The summed E-state index contributed by atoms with van der Waals surface area (Å²) in [5.41, 5.74) is 0. The highest BCUT2D eigenvalue weighted by molar-refractivity contribution is 7.89. The van der Waals surface area contributed by atoms with Crippen LogP contribution in [0, 0.1) is 11.7 Å². The van der Waals surface area contributed by atoms with Crippen LogP contribution in [0.3, 0.4) is 0 Å². The normalized spacial score (nSPS) is 23.8. The Morgan fingerprint density at radius 2 is 2.15 bits per heavy atom. The molecule has 0 aromatic heterocycles. The fraction of sp³-hybridized carbons (Fsp3) is 0.538. The van der Waals surface area contributed by atoms with Gasteiger partial charge in [-0.05, 0) is 43.4 Å². The zero-order valence-electron chi connectivity index (χ0n) is 10.9. The topological polar surface area (TPSA) is 66.4 Å². The van der Waals surface area contributed by atoms with Crippen LogP contribution >= 0.6 is 11.6 Å². The smallest absolute Gasteiger partial charge is 0.243 e. The van der Waals surface area contributed by atoms with Crippen molar-refractivity contribution in [2.45, 2.75) is 36.7 Å². The summed E-state index contributed by atoms with van der Waals surface area (Å²) in [6, 6.07) is 3.46. The molecule has 0 saturated heterocycles. The predicted octanol–water partition coefficient (Wildman–Crippen LogP) is 2.31. The van der Waals surface area contributed by atoms with Crippen LogP contribution in [0.1, 0.15) is 25.7 Å². The monoisotopic (exact) mass is 321 g/mol. The molecule has 0 amide bonds. The Morgan fingerprint density at radius 1 is 1.40 bits per heavy atom. The Bertz CT molecular complexity index is 579. The molecular weight excluding hydrogens is 305 g/mol. The van der Waals surface area contributed by atoms with E-state index in [0.717, 1.165) is 31.4 Å². The molecule has 1 saturated carbocycles. The van der Waals surface area contributed by atoms with Gasteiger partial charge in [0.1, 0.15) is 10.7 Å². The van der Waals surface area contributed by atoms with E-state index in [2.05, 4.69) is 4.72 Å². The maximum Gasteiger partial charge on any atom is 0.243 e. The minimum absolute atomic E-state index is 0.0869. The van der Waals surface area contributed by atoms with Gasteiger partial charge >= 0.3 is 0 Å². The fourth-order valence-corrected chi connectivity index (χ4v) is 3.78. The van der Waals surface area contributed by atoms with Gasteiger partial charge in [-0.3, -0.25) is 0 Å². The van der Waals surface area contributed by atoms with E-state index in [9.17, 15) is 17.9 Å². The van der Waals surface area contributed by atoms with Gasteiger partial charge in [0, 0.05) is 11.6 Å². The molecule has 20 heavy (non-hydrogen) atoms. The van der Waals surface area contributed by atoms with Crippen molar-refractivity contribution in [2.24, 2.45) is 5.92 Å². The second-order valence-corrected chi connectivity index (χ2v) is 7.28. The van der Waals surface area contributed by atoms with E-state index in [-0.39, 0.29) is 23.6 Å². The Morgan fingerprint density at radius 3 is 2.80 bits per heavy atom. The molecule has 112 valence electrons. The van der Waals surface area contributed by atoms with Crippen LogP contribution in [-0.2, 0) is 10.0 Å². The predicted molar refractivity (Wildman–Crippen MR) is 74.6 cm³/mol. The lowest BCUT2D eigenvalue weighted by Crippen LogP contribution is -2.33. The van der Waals surface area contributed by atoms with E-state index in [1.165, 1.54) is 6.07 Å². The highest BCUT2D eigenvalue weighted by Crippen LogP contribution is 2.24. The molecule has 0 radical (unpaired) electrons. The second-order valence-electron chi connectivity index (χ2n) is 5.11. The molecule has 0 spiro atoms. The van der Waals surface area contributed by atoms with E-state index >= 15 is 0 Å². The first kappa shape index (κ1) is 15.7. The van der Waals surface area contributed by atoms with E-state index in [4.69, 9.17) is 11.6 Å².